The van der Waals surface area contributed by atoms with Crippen molar-refractivity contribution < 1.29 is 9.53 Å². The second-order valence-corrected chi connectivity index (χ2v) is 3.86. The number of benzene rings is 2. The highest BCUT2D eigenvalue weighted by Gasteiger charge is 2.10. The monoisotopic (exact) mass is 235 g/mol. The van der Waals surface area contributed by atoms with Crippen molar-refractivity contribution in [2.24, 2.45) is 0 Å². The number of nitrogens with two attached hydrogens (primary N) is 1. The van der Waals surface area contributed by atoms with Crippen LogP contribution in [-0.4, -0.2) is 13.1 Å². The van der Waals surface area contributed by atoms with Gasteiger partial charge in [-0.3, -0.25) is 0 Å². The number of hydrogen-bond donors (Lipinski definition) is 1. The van der Waals surface area contributed by atoms with E-state index in [-0.39, 0.29) is 0 Å². The molecule has 0 unspecified atom stereocenters. The van der Waals surface area contributed by atoms with Gasteiger partial charge in [-0.15, -0.1) is 0 Å². The average Bonchev–Trinajstić information content (AvgIpc) is 2.27. The molecule has 0 spiro atoms. The Morgan fingerprint density at radius 2 is 2.00 bits per heavy atom. The smallest absolute Gasteiger partial charge is 0.339 e. The normalized spacial score (nSPS) is 10.4. The van der Waals surface area contributed by atoms with Gasteiger partial charge >= 0.3 is 5.97 Å². The van der Waals surface area contributed by atoms with Crippen LogP contribution in [0.5, 0.6) is 0 Å². The van der Waals surface area contributed by atoms with Crippen molar-refractivity contribution in [1.82, 2.24) is 0 Å². The first-order valence-electron chi connectivity index (χ1n) is 4.69. The molecule has 0 aromatic heterocycles. The molecule has 2 rings (SSSR count). The average molecular weight is 236 g/mol. The SMILES string of the molecule is COC(=O)c1cc2ccc(Cl)cc2cc1N. The zero-order chi connectivity index (χ0) is 11.7. The molecule has 0 saturated heterocycles. The zero-order valence-electron chi connectivity index (χ0n) is 8.66. The highest BCUT2D eigenvalue weighted by atomic mass is 35.5. The van der Waals surface area contributed by atoms with E-state index in [9.17, 15) is 4.79 Å². The molecule has 0 aliphatic rings. The lowest BCUT2D eigenvalue weighted by atomic mass is 10.1. The van der Waals surface area contributed by atoms with Crippen molar-refractivity contribution in [3.8, 4) is 0 Å². The van der Waals surface area contributed by atoms with E-state index in [0.29, 0.717) is 16.3 Å². The summed E-state index contributed by atoms with van der Waals surface area (Å²) >= 11 is 5.87. The number of carbonyl (C=O) groups excluding carboxylic acids is 1. The summed E-state index contributed by atoms with van der Waals surface area (Å²) in [5, 5.41) is 2.44. The highest BCUT2D eigenvalue weighted by molar-refractivity contribution is 6.31. The van der Waals surface area contributed by atoms with E-state index in [0.717, 1.165) is 10.8 Å². The van der Waals surface area contributed by atoms with Crippen LogP contribution in [0.4, 0.5) is 5.69 Å². The van der Waals surface area contributed by atoms with Gasteiger partial charge in [-0.05, 0) is 35.0 Å². The summed E-state index contributed by atoms with van der Waals surface area (Å²) in [5.74, 6) is -0.436. The highest BCUT2D eigenvalue weighted by Crippen LogP contribution is 2.25. The van der Waals surface area contributed by atoms with Gasteiger partial charge in [-0.25, -0.2) is 4.79 Å². The molecule has 0 fully saturated rings. The Labute approximate surface area is 97.8 Å². The molecule has 2 aromatic rings. The Kier molecular flexibility index (Phi) is 2.71. The van der Waals surface area contributed by atoms with E-state index in [1.54, 1.807) is 24.3 Å². The Morgan fingerprint density at radius 3 is 2.69 bits per heavy atom. The van der Waals surface area contributed by atoms with Gasteiger partial charge in [-0.2, -0.15) is 0 Å². The van der Waals surface area contributed by atoms with Crippen LogP contribution in [0, 0.1) is 0 Å². The minimum absolute atomic E-state index is 0.373. The van der Waals surface area contributed by atoms with Gasteiger partial charge in [0.05, 0.1) is 12.7 Å². The molecule has 0 heterocycles. The number of anilines is 1. The van der Waals surface area contributed by atoms with Gasteiger partial charge in [-0.1, -0.05) is 17.7 Å². The van der Waals surface area contributed by atoms with Crippen LogP contribution in [0.15, 0.2) is 30.3 Å². The first-order chi connectivity index (χ1) is 7.61. The number of nitrogen functional groups attached to an aromatic ring is 1. The van der Waals surface area contributed by atoms with E-state index in [1.165, 1.54) is 7.11 Å². The van der Waals surface area contributed by atoms with Gasteiger partial charge in [0.2, 0.25) is 0 Å². The molecular weight excluding hydrogens is 226 g/mol. The van der Waals surface area contributed by atoms with Gasteiger partial charge in [0.15, 0.2) is 0 Å². The summed E-state index contributed by atoms with van der Waals surface area (Å²) < 4.78 is 4.64. The van der Waals surface area contributed by atoms with Crippen molar-refractivity contribution in [2.75, 3.05) is 12.8 Å². The third kappa shape index (κ3) is 1.82. The van der Waals surface area contributed by atoms with Gasteiger partial charge < -0.3 is 10.5 Å². The molecule has 0 aliphatic heterocycles. The van der Waals surface area contributed by atoms with Crippen LogP contribution < -0.4 is 5.73 Å². The van der Waals surface area contributed by atoms with Crippen molar-refractivity contribution in [3.63, 3.8) is 0 Å². The lowest BCUT2D eigenvalue weighted by molar-refractivity contribution is 0.0602. The summed E-state index contributed by atoms with van der Waals surface area (Å²) in [6.07, 6.45) is 0. The fourth-order valence-corrected chi connectivity index (χ4v) is 1.75. The summed E-state index contributed by atoms with van der Waals surface area (Å²) in [7, 11) is 1.33. The van der Waals surface area contributed by atoms with E-state index < -0.39 is 5.97 Å². The summed E-state index contributed by atoms with van der Waals surface area (Å²) in [6.45, 7) is 0. The number of rotatable bonds is 1. The maximum absolute atomic E-state index is 11.4. The Hall–Kier alpha value is -1.74. The fraction of sp³-hybridized carbons (Fsp3) is 0.0833. The molecule has 16 heavy (non-hydrogen) atoms. The van der Waals surface area contributed by atoms with Crippen molar-refractivity contribution in [1.29, 1.82) is 0 Å². The number of esters is 1. The van der Waals surface area contributed by atoms with Crippen molar-refractivity contribution in [2.45, 2.75) is 0 Å². The molecule has 4 heteroatoms. The first kappa shape index (κ1) is 10.8. The number of fused-ring (bicyclic) bond motifs is 1. The Balaban J connectivity index is 2.67. The number of carbonyl (C=O) groups is 1. The second kappa shape index (κ2) is 4.02. The maximum atomic E-state index is 11.4. The van der Waals surface area contributed by atoms with Crippen LogP contribution in [0.25, 0.3) is 10.8 Å². The molecule has 0 atom stereocenters. The summed E-state index contributed by atoms with van der Waals surface area (Å²) in [6, 6.07) is 8.82. The van der Waals surface area contributed by atoms with Gasteiger partial charge in [0.1, 0.15) is 0 Å². The van der Waals surface area contributed by atoms with Crippen LogP contribution in [-0.2, 0) is 4.74 Å². The van der Waals surface area contributed by atoms with Crippen LogP contribution >= 0.6 is 11.6 Å². The van der Waals surface area contributed by atoms with Gasteiger partial charge in [0.25, 0.3) is 0 Å². The van der Waals surface area contributed by atoms with E-state index >= 15 is 0 Å². The van der Waals surface area contributed by atoms with Crippen LogP contribution in [0.3, 0.4) is 0 Å². The molecular formula is C12H10ClNO2. The molecule has 0 radical (unpaired) electrons. The topological polar surface area (TPSA) is 52.3 Å². The minimum atomic E-state index is -0.436. The number of ether oxygens (including phenoxy) is 1. The molecule has 0 saturated carbocycles. The summed E-state index contributed by atoms with van der Waals surface area (Å²) in [5.41, 5.74) is 6.53. The lowest BCUT2D eigenvalue weighted by Crippen LogP contribution is -2.05. The van der Waals surface area contributed by atoms with Crippen LogP contribution in [0.1, 0.15) is 10.4 Å². The first-order valence-corrected chi connectivity index (χ1v) is 5.06. The number of halogens is 1. The van der Waals surface area contributed by atoms with E-state index in [1.807, 2.05) is 6.07 Å². The maximum Gasteiger partial charge on any atom is 0.339 e. The Morgan fingerprint density at radius 1 is 1.25 bits per heavy atom. The number of hydrogen-bond acceptors (Lipinski definition) is 3. The van der Waals surface area contributed by atoms with Crippen LogP contribution in [0.2, 0.25) is 5.02 Å². The molecule has 0 bridgehead atoms. The molecule has 3 nitrogen and oxygen atoms in total. The van der Waals surface area contributed by atoms with Crippen molar-refractivity contribution >= 4 is 34.0 Å². The fourth-order valence-electron chi connectivity index (χ4n) is 1.57. The van der Waals surface area contributed by atoms with E-state index in [2.05, 4.69) is 4.74 Å². The predicted octanol–water partition coefficient (Wildman–Crippen LogP) is 2.86. The number of methoxy groups -OCH3 is 1. The minimum Gasteiger partial charge on any atom is -0.465 e. The zero-order valence-corrected chi connectivity index (χ0v) is 9.41. The molecule has 82 valence electrons. The van der Waals surface area contributed by atoms with Gasteiger partial charge in [0, 0.05) is 10.7 Å². The molecule has 0 aliphatic carbocycles. The summed E-state index contributed by atoms with van der Waals surface area (Å²) in [4.78, 5) is 11.4. The predicted molar refractivity (Wildman–Crippen MR) is 64.7 cm³/mol. The quantitative estimate of drug-likeness (QED) is 0.611. The van der Waals surface area contributed by atoms with E-state index in [4.69, 9.17) is 17.3 Å². The standard InChI is InChI=1S/C12H10ClNO2/c1-16-12(15)10-5-7-2-3-9(13)4-8(7)6-11(10)14/h2-6H,14H2,1H3. The lowest BCUT2D eigenvalue weighted by Gasteiger charge is -2.06. The molecule has 2 aromatic carbocycles. The third-order valence-corrected chi connectivity index (χ3v) is 2.61. The molecule has 2 N–H and O–H groups in total. The Bertz CT molecular complexity index is 566. The van der Waals surface area contributed by atoms with Crippen molar-refractivity contribution in [3.05, 3.63) is 40.9 Å². The largest absolute Gasteiger partial charge is 0.465 e. The second-order valence-electron chi connectivity index (χ2n) is 3.42. The molecule has 0 amide bonds. The third-order valence-electron chi connectivity index (χ3n) is 2.38.